The zero-order chi connectivity index (χ0) is 15.3. The fraction of sp³-hybridized carbons (Fsp3) is 1.00. The number of ether oxygens (including phenoxy) is 1. The average molecular weight is 288 g/mol. The van der Waals surface area contributed by atoms with Crippen molar-refractivity contribution in [3.8, 4) is 0 Å². The number of hydrogen-bond acceptors (Lipinski definition) is 2. The lowest BCUT2D eigenvalue weighted by molar-refractivity contribution is -0.912. The van der Waals surface area contributed by atoms with Gasteiger partial charge in [-0.1, -0.05) is 58.3 Å². The minimum atomic E-state index is -0.263. The highest BCUT2D eigenvalue weighted by Crippen LogP contribution is 2.09. The van der Waals surface area contributed by atoms with Crippen LogP contribution in [0.5, 0.6) is 0 Å². The van der Waals surface area contributed by atoms with Crippen molar-refractivity contribution in [2.75, 3.05) is 34.0 Å². The molecule has 1 atom stereocenters. The topological polar surface area (TPSA) is 29.5 Å². The highest BCUT2D eigenvalue weighted by Gasteiger charge is 2.17. The third kappa shape index (κ3) is 14.3. The van der Waals surface area contributed by atoms with Crippen LogP contribution in [0.15, 0.2) is 0 Å². The molecule has 0 fully saturated rings. The lowest BCUT2D eigenvalue weighted by Crippen LogP contribution is -2.46. The first-order valence-corrected chi connectivity index (χ1v) is 8.56. The summed E-state index contributed by atoms with van der Waals surface area (Å²) < 4.78 is 6.45. The third-order valence-electron chi connectivity index (χ3n) is 3.59. The summed E-state index contributed by atoms with van der Waals surface area (Å²) in [6.07, 6.45) is 11.9. The maximum atomic E-state index is 9.39. The molecule has 0 bridgehead atoms. The molecule has 122 valence electrons. The zero-order valence-electron chi connectivity index (χ0n) is 14.4. The maximum Gasteiger partial charge on any atom is 0.182 e. The van der Waals surface area contributed by atoms with Crippen LogP contribution in [0.1, 0.15) is 71.6 Å². The summed E-state index contributed by atoms with van der Waals surface area (Å²) in [6, 6.07) is 0. The highest BCUT2D eigenvalue weighted by atomic mass is 16.5. The molecule has 0 aliphatic carbocycles. The number of unbranched alkanes of at least 4 members (excludes halogenated alkanes) is 8. The standard InChI is InChI=1S/C17H38NO2/c1-5-6-7-8-9-10-11-12-13-14-20-16-18(3,4)15-17(2)19/h17,19H,5-16H2,1-4H3/q+1. The number of likely N-dealkylation sites (N-methyl/N-ethyl adjacent to an activating group) is 1. The van der Waals surface area contributed by atoms with E-state index in [-0.39, 0.29) is 6.10 Å². The van der Waals surface area contributed by atoms with Gasteiger partial charge in [-0.05, 0) is 13.3 Å². The van der Waals surface area contributed by atoms with Crippen LogP contribution in [0, 0.1) is 0 Å². The van der Waals surface area contributed by atoms with E-state index in [4.69, 9.17) is 4.74 Å². The smallest absolute Gasteiger partial charge is 0.182 e. The van der Waals surface area contributed by atoms with Crippen molar-refractivity contribution in [1.29, 1.82) is 0 Å². The Kier molecular flexibility index (Phi) is 12.5. The monoisotopic (exact) mass is 288 g/mol. The molecule has 0 aromatic rings. The van der Waals surface area contributed by atoms with Crippen LogP contribution in [-0.4, -0.2) is 49.7 Å². The molecule has 0 saturated carbocycles. The van der Waals surface area contributed by atoms with E-state index in [9.17, 15) is 5.11 Å². The van der Waals surface area contributed by atoms with E-state index < -0.39 is 0 Å². The predicted octanol–water partition coefficient (Wildman–Crippen LogP) is 3.95. The Morgan fingerprint density at radius 3 is 1.90 bits per heavy atom. The highest BCUT2D eigenvalue weighted by molar-refractivity contribution is 4.46. The molecular weight excluding hydrogens is 250 g/mol. The van der Waals surface area contributed by atoms with Gasteiger partial charge in [0.2, 0.25) is 0 Å². The van der Waals surface area contributed by atoms with Gasteiger partial charge in [0.05, 0.1) is 20.7 Å². The quantitative estimate of drug-likeness (QED) is 0.298. The van der Waals surface area contributed by atoms with Gasteiger partial charge in [-0.15, -0.1) is 0 Å². The molecule has 3 heteroatoms. The predicted molar refractivity (Wildman–Crippen MR) is 86.7 cm³/mol. The molecular formula is C17H38NO2+. The molecule has 0 radical (unpaired) electrons. The van der Waals surface area contributed by atoms with Crippen molar-refractivity contribution in [1.82, 2.24) is 0 Å². The van der Waals surface area contributed by atoms with E-state index in [1.807, 2.05) is 6.92 Å². The number of aliphatic hydroxyl groups excluding tert-OH is 1. The molecule has 0 aliphatic heterocycles. The fourth-order valence-corrected chi connectivity index (χ4v) is 2.59. The Balaban J connectivity index is 3.24. The number of rotatable bonds is 14. The third-order valence-corrected chi connectivity index (χ3v) is 3.59. The van der Waals surface area contributed by atoms with Crippen LogP contribution in [0.2, 0.25) is 0 Å². The summed E-state index contributed by atoms with van der Waals surface area (Å²) in [7, 11) is 4.20. The molecule has 3 nitrogen and oxygen atoms in total. The molecule has 0 rings (SSSR count). The molecule has 0 aliphatic rings. The second-order valence-electron chi connectivity index (χ2n) is 6.83. The van der Waals surface area contributed by atoms with Crippen LogP contribution < -0.4 is 0 Å². The van der Waals surface area contributed by atoms with E-state index in [2.05, 4.69) is 21.0 Å². The van der Waals surface area contributed by atoms with Gasteiger partial charge in [-0.2, -0.15) is 0 Å². The minimum Gasteiger partial charge on any atom is -0.388 e. The van der Waals surface area contributed by atoms with Gasteiger partial charge in [-0.25, -0.2) is 0 Å². The van der Waals surface area contributed by atoms with E-state index >= 15 is 0 Å². The summed E-state index contributed by atoms with van der Waals surface area (Å²) in [5.41, 5.74) is 0. The van der Waals surface area contributed by atoms with Crippen molar-refractivity contribution in [3.05, 3.63) is 0 Å². The second kappa shape index (κ2) is 12.6. The Hall–Kier alpha value is -0.120. The molecule has 1 N–H and O–H groups in total. The molecule has 20 heavy (non-hydrogen) atoms. The molecule has 0 spiro atoms. The van der Waals surface area contributed by atoms with Gasteiger partial charge < -0.3 is 14.3 Å². The van der Waals surface area contributed by atoms with Crippen molar-refractivity contribution in [2.24, 2.45) is 0 Å². The van der Waals surface area contributed by atoms with E-state index in [0.29, 0.717) is 6.73 Å². The summed E-state index contributed by atoms with van der Waals surface area (Å²) in [5.74, 6) is 0. The van der Waals surface area contributed by atoms with Crippen molar-refractivity contribution in [3.63, 3.8) is 0 Å². The Morgan fingerprint density at radius 2 is 1.40 bits per heavy atom. The lowest BCUT2D eigenvalue weighted by atomic mass is 10.1. The van der Waals surface area contributed by atoms with Crippen molar-refractivity contribution in [2.45, 2.75) is 77.7 Å². The first kappa shape index (κ1) is 19.9. The number of hydrogen-bond donors (Lipinski definition) is 1. The van der Waals surface area contributed by atoms with Crippen LogP contribution in [-0.2, 0) is 4.74 Å². The lowest BCUT2D eigenvalue weighted by Gasteiger charge is -2.30. The van der Waals surface area contributed by atoms with Gasteiger partial charge in [0.25, 0.3) is 0 Å². The van der Waals surface area contributed by atoms with Crippen LogP contribution in [0.25, 0.3) is 0 Å². The Morgan fingerprint density at radius 1 is 0.900 bits per heavy atom. The van der Waals surface area contributed by atoms with Gasteiger partial charge in [0.15, 0.2) is 6.73 Å². The Labute approximate surface area is 126 Å². The summed E-state index contributed by atoms with van der Waals surface area (Å²) in [5, 5.41) is 9.39. The molecule has 0 aromatic heterocycles. The summed E-state index contributed by atoms with van der Waals surface area (Å²) in [6.45, 7) is 6.40. The first-order chi connectivity index (χ1) is 9.48. The van der Waals surface area contributed by atoms with Crippen molar-refractivity contribution >= 4 is 0 Å². The van der Waals surface area contributed by atoms with Crippen LogP contribution >= 0.6 is 0 Å². The normalized spacial score (nSPS) is 13.7. The molecule has 0 amide bonds. The van der Waals surface area contributed by atoms with Crippen molar-refractivity contribution < 1.29 is 14.3 Å². The van der Waals surface area contributed by atoms with Gasteiger partial charge in [0.1, 0.15) is 12.6 Å². The maximum absolute atomic E-state index is 9.39. The van der Waals surface area contributed by atoms with Gasteiger partial charge in [-0.3, -0.25) is 0 Å². The fourth-order valence-electron chi connectivity index (χ4n) is 2.59. The van der Waals surface area contributed by atoms with E-state index in [1.165, 1.54) is 57.8 Å². The second-order valence-corrected chi connectivity index (χ2v) is 6.83. The van der Waals surface area contributed by atoms with Gasteiger partial charge >= 0.3 is 0 Å². The molecule has 0 heterocycles. The van der Waals surface area contributed by atoms with Crippen LogP contribution in [0.3, 0.4) is 0 Å². The SMILES string of the molecule is CCCCCCCCCCCOC[N+](C)(C)CC(C)O. The summed E-state index contributed by atoms with van der Waals surface area (Å²) in [4.78, 5) is 0. The van der Waals surface area contributed by atoms with Crippen LogP contribution in [0.4, 0.5) is 0 Å². The van der Waals surface area contributed by atoms with E-state index in [0.717, 1.165) is 17.6 Å². The number of quaternary nitrogens is 1. The number of aliphatic hydroxyl groups is 1. The minimum absolute atomic E-state index is 0.263. The van der Waals surface area contributed by atoms with Gasteiger partial charge in [0, 0.05) is 0 Å². The average Bonchev–Trinajstić information content (AvgIpc) is 2.34. The largest absolute Gasteiger partial charge is 0.388 e. The summed E-state index contributed by atoms with van der Waals surface area (Å²) >= 11 is 0. The molecule has 0 aromatic carbocycles. The first-order valence-electron chi connectivity index (χ1n) is 8.56. The van der Waals surface area contributed by atoms with E-state index in [1.54, 1.807) is 0 Å². The molecule has 0 saturated heterocycles. The zero-order valence-corrected chi connectivity index (χ0v) is 14.4. The Bertz CT molecular complexity index is 205. The molecule has 1 unspecified atom stereocenters. The number of nitrogens with zero attached hydrogens (tertiary/aromatic N) is 1.